The maximum absolute atomic E-state index is 5.75. The Hall–Kier alpha value is -0.930. The number of nitrogens with zero attached hydrogens (tertiary/aromatic N) is 1. The highest BCUT2D eigenvalue weighted by Gasteiger charge is 2.24. The fourth-order valence-electron chi connectivity index (χ4n) is 3.27. The molecular formula is C16H26N2O. The number of rotatable bonds is 4. The third kappa shape index (κ3) is 3.34. The van der Waals surface area contributed by atoms with Gasteiger partial charge in [-0.2, -0.15) is 0 Å². The monoisotopic (exact) mass is 262 g/mol. The van der Waals surface area contributed by atoms with Crippen LogP contribution in [-0.2, 0) is 4.74 Å². The molecule has 2 rings (SSSR count). The van der Waals surface area contributed by atoms with E-state index in [-0.39, 0.29) is 0 Å². The van der Waals surface area contributed by atoms with Crippen LogP contribution in [0.4, 0.5) is 0 Å². The number of ether oxygens (including phenoxy) is 1. The predicted octanol–water partition coefficient (Wildman–Crippen LogP) is 3.22. The van der Waals surface area contributed by atoms with Crippen molar-refractivity contribution in [3.63, 3.8) is 0 Å². The summed E-state index contributed by atoms with van der Waals surface area (Å²) in [6.07, 6.45) is 2.72. The summed E-state index contributed by atoms with van der Waals surface area (Å²) in [5.74, 6) is 0. The first-order chi connectivity index (χ1) is 8.99. The summed E-state index contributed by atoms with van der Waals surface area (Å²) in [5.41, 5.74) is 4.88. The molecule has 1 fully saturated rings. The van der Waals surface area contributed by atoms with Crippen molar-refractivity contribution in [2.45, 2.75) is 65.6 Å². The molecule has 1 N–H and O–H groups in total. The van der Waals surface area contributed by atoms with Crippen LogP contribution in [0, 0.1) is 20.8 Å². The first-order valence-corrected chi connectivity index (χ1v) is 7.31. The topological polar surface area (TPSA) is 34.1 Å². The molecule has 0 amide bonds. The predicted molar refractivity (Wildman–Crippen MR) is 78.4 cm³/mol. The molecule has 2 heterocycles. The minimum Gasteiger partial charge on any atom is -0.377 e. The Morgan fingerprint density at radius 2 is 2.05 bits per heavy atom. The van der Waals surface area contributed by atoms with Crippen molar-refractivity contribution in [3.8, 4) is 0 Å². The number of aromatic nitrogens is 1. The van der Waals surface area contributed by atoms with E-state index >= 15 is 0 Å². The van der Waals surface area contributed by atoms with E-state index in [9.17, 15) is 0 Å². The van der Waals surface area contributed by atoms with Crippen molar-refractivity contribution in [1.82, 2.24) is 10.3 Å². The van der Waals surface area contributed by atoms with Crippen LogP contribution < -0.4 is 5.32 Å². The minimum atomic E-state index is 0.312. The molecule has 3 atom stereocenters. The summed E-state index contributed by atoms with van der Waals surface area (Å²) in [5, 5.41) is 3.67. The smallest absolute Gasteiger partial charge is 0.0726 e. The Labute approximate surface area is 116 Å². The first-order valence-electron chi connectivity index (χ1n) is 7.31. The average Bonchev–Trinajstić information content (AvgIpc) is 2.80. The maximum atomic E-state index is 5.75. The summed E-state index contributed by atoms with van der Waals surface area (Å²) in [6, 6.07) is 2.86. The summed E-state index contributed by atoms with van der Waals surface area (Å²) in [4.78, 5) is 4.59. The number of aryl methyl sites for hydroxylation is 3. The van der Waals surface area contributed by atoms with Gasteiger partial charge in [-0.05, 0) is 64.7 Å². The minimum absolute atomic E-state index is 0.312. The quantitative estimate of drug-likeness (QED) is 0.904. The normalized spacial score (nSPS) is 22.5. The van der Waals surface area contributed by atoms with Crippen LogP contribution in [0.3, 0.4) is 0 Å². The van der Waals surface area contributed by atoms with E-state index in [2.05, 4.69) is 51.0 Å². The molecule has 1 aromatic heterocycles. The highest BCUT2D eigenvalue weighted by atomic mass is 16.5. The third-order valence-corrected chi connectivity index (χ3v) is 4.05. The molecule has 0 aromatic carbocycles. The van der Waals surface area contributed by atoms with E-state index in [0.29, 0.717) is 18.2 Å². The molecule has 1 aromatic rings. The van der Waals surface area contributed by atoms with Crippen molar-refractivity contribution >= 4 is 0 Å². The van der Waals surface area contributed by atoms with E-state index in [4.69, 9.17) is 4.74 Å². The van der Waals surface area contributed by atoms with Crippen molar-refractivity contribution in [3.05, 3.63) is 28.6 Å². The molecule has 0 spiro atoms. The van der Waals surface area contributed by atoms with Gasteiger partial charge < -0.3 is 10.1 Å². The van der Waals surface area contributed by atoms with E-state index in [1.807, 2.05) is 0 Å². The third-order valence-electron chi connectivity index (χ3n) is 4.05. The van der Waals surface area contributed by atoms with Gasteiger partial charge in [0.15, 0.2) is 0 Å². The lowest BCUT2D eigenvalue weighted by Crippen LogP contribution is -2.38. The molecule has 0 radical (unpaired) electrons. The van der Waals surface area contributed by atoms with E-state index in [1.54, 1.807) is 0 Å². The molecule has 3 unspecified atom stereocenters. The van der Waals surface area contributed by atoms with Gasteiger partial charge in [0.2, 0.25) is 0 Å². The zero-order valence-electron chi connectivity index (χ0n) is 12.8. The van der Waals surface area contributed by atoms with Gasteiger partial charge in [-0.25, -0.2) is 0 Å². The molecule has 1 aliphatic heterocycles. The largest absolute Gasteiger partial charge is 0.377 e. The van der Waals surface area contributed by atoms with Crippen molar-refractivity contribution in [1.29, 1.82) is 0 Å². The molecule has 1 saturated heterocycles. The second kappa shape index (κ2) is 6.02. The summed E-state index contributed by atoms with van der Waals surface area (Å²) >= 11 is 0. The average molecular weight is 262 g/mol. The van der Waals surface area contributed by atoms with Gasteiger partial charge in [-0.15, -0.1) is 0 Å². The first kappa shape index (κ1) is 14.5. The number of hydrogen-bond donors (Lipinski definition) is 1. The van der Waals surface area contributed by atoms with E-state index in [1.165, 1.54) is 24.0 Å². The van der Waals surface area contributed by atoms with Gasteiger partial charge in [-0.1, -0.05) is 0 Å². The number of hydrogen-bond acceptors (Lipinski definition) is 3. The fraction of sp³-hybridized carbons (Fsp3) is 0.688. The van der Waals surface area contributed by atoms with Crippen molar-refractivity contribution < 1.29 is 4.74 Å². The number of pyridine rings is 1. The Bertz CT molecular complexity index is 415. The van der Waals surface area contributed by atoms with Crippen LogP contribution in [0.25, 0.3) is 0 Å². The second-order valence-corrected chi connectivity index (χ2v) is 5.81. The lowest BCUT2D eigenvalue weighted by atomic mass is 9.99. The Morgan fingerprint density at radius 3 is 2.63 bits per heavy atom. The van der Waals surface area contributed by atoms with Gasteiger partial charge in [0, 0.05) is 30.1 Å². The summed E-state index contributed by atoms with van der Waals surface area (Å²) in [6.45, 7) is 11.7. The maximum Gasteiger partial charge on any atom is 0.0726 e. The molecule has 0 saturated carbocycles. The molecule has 3 heteroatoms. The molecule has 19 heavy (non-hydrogen) atoms. The van der Waals surface area contributed by atoms with Gasteiger partial charge in [0.1, 0.15) is 0 Å². The highest BCUT2D eigenvalue weighted by molar-refractivity contribution is 5.33. The van der Waals surface area contributed by atoms with Crippen LogP contribution in [0.15, 0.2) is 6.07 Å². The van der Waals surface area contributed by atoms with Crippen LogP contribution in [-0.4, -0.2) is 23.7 Å². The molecule has 106 valence electrons. The van der Waals surface area contributed by atoms with Crippen LogP contribution >= 0.6 is 0 Å². The Kier molecular flexibility index (Phi) is 4.58. The van der Waals surface area contributed by atoms with Gasteiger partial charge >= 0.3 is 0 Å². The Balaban J connectivity index is 2.09. The number of nitrogens with one attached hydrogen (secondary N) is 1. The SMILES string of the molecule is Cc1cc(C)c(C(C)NC(C)C2CCCO2)c(C)n1. The summed E-state index contributed by atoms with van der Waals surface area (Å²) in [7, 11) is 0. The van der Waals surface area contributed by atoms with Gasteiger partial charge in [0.05, 0.1) is 6.10 Å². The zero-order chi connectivity index (χ0) is 14.0. The lowest BCUT2D eigenvalue weighted by molar-refractivity contribution is 0.0803. The van der Waals surface area contributed by atoms with Crippen LogP contribution in [0.1, 0.15) is 55.2 Å². The fourth-order valence-corrected chi connectivity index (χ4v) is 3.27. The second-order valence-electron chi connectivity index (χ2n) is 5.81. The zero-order valence-corrected chi connectivity index (χ0v) is 12.8. The van der Waals surface area contributed by atoms with Crippen LogP contribution in [0.2, 0.25) is 0 Å². The molecule has 0 aliphatic carbocycles. The highest BCUT2D eigenvalue weighted by Crippen LogP contribution is 2.23. The van der Waals surface area contributed by atoms with E-state index in [0.717, 1.165) is 18.0 Å². The van der Waals surface area contributed by atoms with Crippen molar-refractivity contribution in [2.75, 3.05) is 6.61 Å². The van der Waals surface area contributed by atoms with Gasteiger partial charge in [0.25, 0.3) is 0 Å². The standard InChI is InChI=1S/C16H26N2O/c1-10-9-11(2)17-13(4)16(10)14(5)18-12(3)15-7-6-8-19-15/h9,12,14-15,18H,6-8H2,1-5H3. The lowest BCUT2D eigenvalue weighted by Gasteiger charge is -2.26. The molecule has 3 nitrogen and oxygen atoms in total. The van der Waals surface area contributed by atoms with E-state index < -0.39 is 0 Å². The molecular weight excluding hydrogens is 236 g/mol. The van der Waals surface area contributed by atoms with Crippen LogP contribution in [0.5, 0.6) is 0 Å². The Morgan fingerprint density at radius 1 is 1.32 bits per heavy atom. The van der Waals surface area contributed by atoms with Gasteiger partial charge in [-0.3, -0.25) is 4.98 Å². The molecule has 0 bridgehead atoms. The van der Waals surface area contributed by atoms with Crippen molar-refractivity contribution in [2.24, 2.45) is 0 Å². The summed E-state index contributed by atoms with van der Waals surface area (Å²) < 4.78 is 5.75. The molecule has 1 aliphatic rings.